The molecule has 0 radical (unpaired) electrons. The van der Waals surface area contributed by atoms with Crippen molar-refractivity contribution >= 4 is 21.8 Å². The largest absolute Gasteiger partial charge is 0.339 e. The lowest BCUT2D eigenvalue weighted by Crippen LogP contribution is -2.27. The quantitative estimate of drug-likeness (QED) is 0.826. The molecule has 1 rings (SSSR count). The second-order valence-electron chi connectivity index (χ2n) is 3.63. The molecule has 3 heteroatoms. The van der Waals surface area contributed by atoms with Crippen molar-refractivity contribution in [2.75, 3.05) is 6.54 Å². The van der Waals surface area contributed by atoms with E-state index in [4.69, 9.17) is 0 Å². The topological polar surface area (TPSA) is 20.3 Å². The first-order valence-corrected chi connectivity index (χ1v) is 5.84. The van der Waals surface area contributed by atoms with Crippen molar-refractivity contribution in [2.45, 2.75) is 27.3 Å². The van der Waals surface area contributed by atoms with Crippen LogP contribution in [0.15, 0.2) is 22.7 Å². The summed E-state index contributed by atoms with van der Waals surface area (Å²) in [5.41, 5.74) is 2.37. The van der Waals surface area contributed by atoms with Gasteiger partial charge in [-0.3, -0.25) is 4.79 Å². The second-order valence-corrected chi connectivity index (χ2v) is 4.48. The molecule has 0 saturated heterocycles. The van der Waals surface area contributed by atoms with Crippen LogP contribution in [-0.4, -0.2) is 17.4 Å². The summed E-state index contributed by atoms with van der Waals surface area (Å²) in [5.74, 6) is 0.117. The van der Waals surface area contributed by atoms with Crippen LogP contribution in [0.1, 0.15) is 25.0 Å². The first-order valence-electron chi connectivity index (χ1n) is 5.05. The molecular formula is C12H16BrNO. The van der Waals surface area contributed by atoms with Gasteiger partial charge in [-0.05, 0) is 25.5 Å². The number of nitrogens with zero attached hydrogens (tertiary/aromatic N) is 1. The minimum atomic E-state index is 0.117. The van der Waals surface area contributed by atoms with Crippen LogP contribution in [0.3, 0.4) is 0 Å². The molecule has 0 aliphatic carbocycles. The number of rotatable bonds is 3. The molecule has 0 unspecified atom stereocenters. The number of hydrogen-bond acceptors (Lipinski definition) is 1. The van der Waals surface area contributed by atoms with E-state index in [1.165, 1.54) is 5.56 Å². The van der Waals surface area contributed by atoms with E-state index >= 15 is 0 Å². The smallest absolute Gasteiger partial charge is 0.219 e. The highest BCUT2D eigenvalue weighted by molar-refractivity contribution is 9.10. The molecule has 82 valence electrons. The molecule has 1 aromatic carbocycles. The van der Waals surface area contributed by atoms with Gasteiger partial charge in [0.15, 0.2) is 0 Å². The fourth-order valence-electron chi connectivity index (χ4n) is 1.48. The number of hydrogen-bond donors (Lipinski definition) is 0. The Labute approximate surface area is 99.4 Å². The number of carbonyl (C=O) groups excluding carboxylic acids is 1. The highest BCUT2D eigenvalue weighted by Gasteiger charge is 2.09. The van der Waals surface area contributed by atoms with Crippen LogP contribution in [0.25, 0.3) is 0 Å². The molecule has 0 fully saturated rings. The summed E-state index contributed by atoms with van der Waals surface area (Å²) in [6.07, 6.45) is 0. The summed E-state index contributed by atoms with van der Waals surface area (Å²) in [6, 6.07) is 6.19. The van der Waals surface area contributed by atoms with Crippen molar-refractivity contribution in [2.24, 2.45) is 0 Å². The van der Waals surface area contributed by atoms with E-state index in [0.717, 1.165) is 16.6 Å². The molecule has 0 atom stereocenters. The number of benzene rings is 1. The number of carbonyl (C=O) groups is 1. The molecule has 2 nitrogen and oxygen atoms in total. The SMILES string of the molecule is CCN(Cc1cc(C)ccc1Br)C(C)=O. The first-order chi connectivity index (χ1) is 7.04. The lowest BCUT2D eigenvalue weighted by atomic mass is 10.1. The van der Waals surface area contributed by atoms with Crippen LogP contribution in [-0.2, 0) is 11.3 Å². The summed E-state index contributed by atoms with van der Waals surface area (Å²) >= 11 is 3.50. The zero-order valence-corrected chi connectivity index (χ0v) is 11.0. The first kappa shape index (κ1) is 12.2. The van der Waals surface area contributed by atoms with E-state index < -0.39 is 0 Å². The van der Waals surface area contributed by atoms with E-state index in [1.54, 1.807) is 6.92 Å². The van der Waals surface area contributed by atoms with Gasteiger partial charge in [0.25, 0.3) is 0 Å². The normalized spacial score (nSPS) is 10.1. The minimum absolute atomic E-state index is 0.117. The molecule has 0 aromatic heterocycles. The third-order valence-electron chi connectivity index (χ3n) is 2.39. The second kappa shape index (κ2) is 5.31. The van der Waals surface area contributed by atoms with Crippen molar-refractivity contribution in [3.05, 3.63) is 33.8 Å². The van der Waals surface area contributed by atoms with Crippen molar-refractivity contribution in [1.29, 1.82) is 0 Å². The van der Waals surface area contributed by atoms with Crippen LogP contribution in [0, 0.1) is 6.92 Å². The maximum absolute atomic E-state index is 11.3. The summed E-state index contributed by atoms with van der Waals surface area (Å²) in [4.78, 5) is 13.1. The molecule has 15 heavy (non-hydrogen) atoms. The van der Waals surface area contributed by atoms with Gasteiger partial charge in [0.1, 0.15) is 0 Å². The third-order valence-corrected chi connectivity index (χ3v) is 3.16. The average molecular weight is 270 g/mol. The number of amides is 1. The third kappa shape index (κ3) is 3.34. The zero-order chi connectivity index (χ0) is 11.4. The van der Waals surface area contributed by atoms with E-state index in [9.17, 15) is 4.79 Å². The van der Waals surface area contributed by atoms with Gasteiger partial charge in [-0.15, -0.1) is 0 Å². The van der Waals surface area contributed by atoms with Gasteiger partial charge in [0.05, 0.1) is 0 Å². The Hall–Kier alpha value is -0.830. The van der Waals surface area contributed by atoms with Gasteiger partial charge in [-0.25, -0.2) is 0 Å². The predicted octanol–water partition coefficient (Wildman–Crippen LogP) is 3.13. The average Bonchev–Trinajstić information content (AvgIpc) is 2.18. The monoisotopic (exact) mass is 269 g/mol. The van der Waals surface area contributed by atoms with Gasteiger partial charge in [-0.2, -0.15) is 0 Å². The summed E-state index contributed by atoms with van der Waals surface area (Å²) in [6.45, 7) is 7.07. The molecule has 0 aliphatic rings. The van der Waals surface area contributed by atoms with Crippen LogP contribution in [0.2, 0.25) is 0 Å². The Morgan fingerprint density at radius 2 is 2.13 bits per heavy atom. The Morgan fingerprint density at radius 1 is 1.47 bits per heavy atom. The molecular weight excluding hydrogens is 254 g/mol. The Kier molecular flexibility index (Phi) is 4.33. The maximum Gasteiger partial charge on any atom is 0.219 e. The van der Waals surface area contributed by atoms with E-state index in [-0.39, 0.29) is 5.91 Å². The van der Waals surface area contributed by atoms with E-state index in [1.807, 2.05) is 17.9 Å². The molecule has 0 N–H and O–H groups in total. The van der Waals surface area contributed by atoms with Crippen molar-refractivity contribution in [3.8, 4) is 0 Å². The number of aryl methyl sites for hydroxylation is 1. The van der Waals surface area contributed by atoms with Crippen LogP contribution >= 0.6 is 15.9 Å². The lowest BCUT2D eigenvalue weighted by Gasteiger charge is -2.19. The van der Waals surface area contributed by atoms with Crippen LogP contribution < -0.4 is 0 Å². The molecule has 0 heterocycles. The van der Waals surface area contributed by atoms with Crippen molar-refractivity contribution in [1.82, 2.24) is 4.90 Å². The predicted molar refractivity (Wildman–Crippen MR) is 65.6 cm³/mol. The highest BCUT2D eigenvalue weighted by Crippen LogP contribution is 2.19. The Bertz CT molecular complexity index is 363. The van der Waals surface area contributed by atoms with Gasteiger partial charge in [0.2, 0.25) is 5.91 Å². The fraction of sp³-hybridized carbons (Fsp3) is 0.417. The zero-order valence-electron chi connectivity index (χ0n) is 9.38. The maximum atomic E-state index is 11.3. The fourth-order valence-corrected chi connectivity index (χ4v) is 1.85. The molecule has 0 bridgehead atoms. The van der Waals surface area contributed by atoms with Gasteiger partial charge >= 0.3 is 0 Å². The standard InChI is InChI=1S/C12H16BrNO/c1-4-14(10(3)15)8-11-7-9(2)5-6-12(11)13/h5-7H,4,8H2,1-3H3. The van der Waals surface area contributed by atoms with E-state index in [0.29, 0.717) is 6.54 Å². The molecule has 0 saturated carbocycles. The van der Waals surface area contributed by atoms with Crippen LogP contribution in [0.5, 0.6) is 0 Å². The molecule has 0 spiro atoms. The summed E-state index contributed by atoms with van der Waals surface area (Å²) in [5, 5.41) is 0. The summed E-state index contributed by atoms with van der Waals surface area (Å²) < 4.78 is 1.06. The molecule has 1 aromatic rings. The van der Waals surface area contributed by atoms with Crippen molar-refractivity contribution < 1.29 is 4.79 Å². The molecule has 1 amide bonds. The van der Waals surface area contributed by atoms with Gasteiger partial charge in [0, 0.05) is 24.5 Å². The van der Waals surface area contributed by atoms with Gasteiger partial charge in [-0.1, -0.05) is 33.6 Å². The summed E-state index contributed by atoms with van der Waals surface area (Å²) in [7, 11) is 0. The van der Waals surface area contributed by atoms with Crippen molar-refractivity contribution in [3.63, 3.8) is 0 Å². The van der Waals surface area contributed by atoms with Crippen LogP contribution in [0.4, 0.5) is 0 Å². The highest BCUT2D eigenvalue weighted by atomic mass is 79.9. The van der Waals surface area contributed by atoms with Gasteiger partial charge < -0.3 is 4.90 Å². The Morgan fingerprint density at radius 3 is 2.67 bits per heavy atom. The lowest BCUT2D eigenvalue weighted by molar-refractivity contribution is -0.129. The number of halogens is 1. The minimum Gasteiger partial charge on any atom is -0.339 e. The Balaban J connectivity index is 2.87. The molecule has 0 aliphatic heterocycles. The van der Waals surface area contributed by atoms with E-state index in [2.05, 4.69) is 35.0 Å².